The molecule has 0 aliphatic rings. The van der Waals surface area contributed by atoms with Crippen LogP contribution in [-0.4, -0.2) is 22.1 Å². The Balaban J connectivity index is 1.89. The third-order valence-electron chi connectivity index (χ3n) is 2.93. The van der Waals surface area contributed by atoms with Crippen LogP contribution in [-0.2, 0) is 0 Å². The minimum Gasteiger partial charge on any atom is -0.495 e. The molecule has 0 unspecified atom stereocenters. The van der Waals surface area contributed by atoms with Gasteiger partial charge in [-0.05, 0) is 24.3 Å². The Morgan fingerprint density at radius 2 is 1.90 bits per heavy atom. The van der Waals surface area contributed by atoms with Gasteiger partial charge in [0.1, 0.15) is 5.75 Å². The molecule has 0 radical (unpaired) electrons. The van der Waals surface area contributed by atoms with Crippen molar-refractivity contribution in [2.75, 3.05) is 12.4 Å². The molecule has 0 saturated carbocycles. The van der Waals surface area contributed by atoms with Gasteiger partial charge in [-0.25, -0.2) is 9.97 Å². The average Bonchev–Trinajstić information content (AvgIpc) is 2.56. The van der Waals surface area contributed by atoms with Crippen molar-refractivity contribution in [3.05, 3.63) is 61.1 Å². The van der Waals surface area contributed by atoms with E-state index in [9.17, 15) is 0 Å². The van der Waals surface area contributed by atoms with E-state index in [4.69, 9.17) is 4.74 Å². The van der Waals surface area contributed by atoms with E-state index in [2.05, 4.69) is 20.3 Å². The van der Waals surface area contributed by atoms with Crippen molar-refractivity contribution in [1.29, 1.82) is 0 Å². The molecule has 5 nitrogen and oxygen atoms in total. The van der Waals surface area contributed by atoms with E-state index in [0.29, 0.717) is 11.7 Å². The lowest BCUT2D eigenvalue weighted by molar-refractivity contribution is 0.413. The zero-order valence-corrected chi connectivity index (χ0v) is 11.5. The monoisotopic (exact) mass is 278 g/mol. The summed E-state index contributed by atoms with van der Waals surface area (Å²) in [6, 6.07) is 13.5. The number of hydrogen-bond acceptors (Lipinski definition) is 5. The second-order valence-corrected chi connectivity index (χ2v) is 4.37. The van der Waals surface area contributed by atoms with Gasteiger partial charge in [0.2, 0.25) is 5.95 Å². The number of pyridine rings is 1. The van der Waals surface area contributed by atoms with Crippen molar-refractivity contribution in [2.24, 2.45) is 0 Å². The normalized spacial score (nSPS) is 10.1. The molecule has 1 aromatic carbocycles. The van der Waals surface area contributed by atoms with E-state index in [1.54, 1.807) is 25.7 Å². The second-order valence-electron chi connectivity index (χ2n) is 4.37. The molecular weight excluding hydrogens is 264 g/mol. The number of hydrogen-bond donors (Lipinski definition) is 1. The van der Waals surface area contributed by atoms with Gasteiger partial charge in [0.15, 0.2) is 0 Å². The zero-order valence-electron chi connectivity index (χ0n) is 11.5. The molecular formula is C16H14N4O. The van der Waals surface area contributed by atoms with Gasteiger partial charge >= 0.3 is 0 Å². The highest BCUT2D eigenvalue weighted by Crippen LogP contribution is 2.22. The van der Waals surface area contributed by atoms with Gasteiger partial charge in [-0.1, -0.05) is 18.2 Å². The Morgan fingerprint density at radius 1 is 1.05 bits per heavy atom. The van der Waals surface area contributed by atoms with Crippen molar-refractivity contribution in [3.63, 3.8) is 0 Å². The number of ether oxygens (including phenoxy) is 1. The molecule has 0 spiro atoms. The predicted molar refractivity (Wildman–Crippen MR) is 81.5 cm³/mol. The second kappa shape index (κ2) is 6.00. The van der Waals surface area contributed by atoms with E-state index in [-0.39, 0.29) is 0 Å². The molecule has 0 amide bonds. The van der Waals surface area contributed by atoms with Crippen LogP contribution >= 0.6 is 0 Å². The summed E-state index contributed by atoms with van der Waals surface area (Å²) in [6.07, 6.45) is 5.12. The Bertz CT molecular complexity index is 731. The molecule has 2 heterocycles. The van der Waals surface area contributed by atoms with E-state index >= 15 is 0 Å². The van der Waals surface area contributed by atoms with Crippen molar-refractivity contribution in [3.8, 4) is 17.0 Å². The third kappa shape index (κ3) is 3.14. The maximum atomic E-state index is 5.18. The molecule has 0 atom stereocenters. The number of benzene rings is 1. The minimum atomic E-state index is 0.543. The van der Waals surface area contributed by atoms with Crippen LogP contribution in [0.5, 0.6) is 5.75 Å². The fourth-order valence-corrected chi connectivity index (χ4v) is 1.90. The molecule has 2 aromatic heterocycles. The topological polar surface area (TPSA) is 59.9 Å². The molecule has 5 heteroatoms. The molecule has 0 aliphatic heterocycles. The predicted octanol–water partition coefficient (Wildman–Crippen LogP) is 3.29. The minimum absolute atomic E-state index is 0.543. The SMILES string of the molecule is COc1cncc(-c2ccnc(Nc3ccccc3)n2)c1. The summed E-state index contributed by atoms with van der Waals surface area (Å²) in [5.41, 5.74) is 2.61. The van der Waals surface area contributed by atoms with Gasteiger partial charge in [-0.15, -0.1) is 0 Å². The molecule has 3 rings (SSSR count). The average molecular weight is 278 g/mol. The lowest BCUT2D eigenvalue weighted by Crippen LogP contribution is -1.98. The highest BCUT2D eigenvalue weighted by Gasteiger charge is 2.04. The molecule has 0 bridgehead atoms. The lowest BCUT2D eigenvalue weighted by Gasteiger charge is -2.07. The summed E-state index contributed by atoms with van der Waals surface area (Å²) in [7, 11) is 1.61. The van der Waals surface area contributed by atoms with Gasteiger partial charge in [-0.3, -0.25) is 4.98 Å². The first-order valence-corrected chi connectivity index (χ1v) is 6.50. The van der Waals surface area contributed by atoms with E-state index in [1.807, 2.05) is 42.5 Å². The van der Waals surface area contributed by atoms with E-state index in [1.165, 1.54) is 0 Å². The third-order valence-corrected chi connectivity index (χ3v) is 2.93. The Labute approximate surface area is 122 Å². The quantitative estimate of drug-likeness (QED) is 0.793. The van der Waals surface area contributed by atoms with Crippen molar-refractivity contribution in [1.82, 2.24) is 15.0 Å². The summed E-state index contributed by atoms with van der Waals surface area (Å²) in [5, 5.41) is 3.17. The van der Waals surface area contributed by atoms with Gasteiger partial charge < -0.3 is 10.1 Å². The van der Waals surface area contributed by atoms with Crippen LogP contribution in [0, 0.1) is 0 Å². The number of nitrogens with zero attached hydrogens (tertiary/aromatic N) is 3. The standard InChI is InChI=1S/C16H14N4O/c1-21-14-9-12(10-17-11-14)15-7-8-18-16(20-15)19-13-5-3-2-4-6-13/h2-11H,1H3,(H,18,19,20). The Morgan fingerprint density at radius 3 is 2.71 bits per heavy atom. The van der Waals surface area contributed by atoms with E-state index in [0.717, 1.165) is 16.9 Å². The van der Waals surface area contributed by atoms with Crippen molar-refractivity contribution >= 4 is 11.6 Å². The summed E-state index contributed by atoms with van der Waals surface area (Å²) in [4.78, 5) is 12.9. The number of aromatic nitrogens is 3. The number of nitrogens with one attached hydrogen (secondary N) is 1. The summed E-state index contributed by atoms with van der Waals surface area (Å²) >= 11 is 0. The largest absolute Gasteiger partial charge is 0.495 e. The maximum absolute atomic E-state index is 5.18. The van der Waals surface area contributed by atoms with Crippen LogP contribution in [0.15, 0.2) is 61.1 Å². The number of anilines is 2. The molecule has 3 aromatic rings. The number of methoxy groups -OCH3 is 1. The first-order chi connectivity index (χ1) is 10.3. The van der Waals surface area contributed by atoms with Gasteiger partial charge in [0.05, 0.1) is 19.0 Å². The first-order valence-electron chi connectivity index (χ1n) is 6.50. The van der Waals surface area contributed by atoms with Gasteiger partial charge in [0, 0.05) is 23.6 Å². The Kier molecular flexibility index (Phi) is 3.73. The van der Waals surface area contributed by atoms with Gasteiger partial charge in [0.25, 0.3) is 0 Å². The van der Waals surface area contributed by atoms with E-state index < -0.39 is 0 Å². The van der Waals surface area contributed by atoms with Crippen LogP contribution in [0.4, 0.5) is 11.6 Å². The van der Waals surface area contributed by atoms with Crippen LogP contribution < -0.4 is 10.1 Å². The van der Waals surface area contributed by atoms with Crippen LogP contribution in [0.3, 0.4) is 0 Å². The highest BCUT2D eigenvalue weighted by atomic mass is 16.5. The fraction of sp³-hybridized carbons (Fsp3) is 0.0625. The van der Waals surface area contributed by atoms with Crippen LogP contribution in [0.1, 0.15) is 0 Å². The van der Waals surface area contributed by atoms with Crippen LogP contribution in [0.2, 0.25) is 0 Å². The molecule has 0 aliphatic carbocycles. The van der Waals surface area contributed by atoms with Crippen molar-refractivity contribution in [2.45, 2.75) is 0 Å². The first kappa shape index (κ1) is 13.1. The zero-order chi connectivity index (χ0) is 14.5. The van der Waals surface area contributed by atoms with Gasteiger partial charge in [-0.2, -0.15) is 0 Å². The molecule has 1 N–H and O–H groups in total. The fourth-order valence-electron chi connectivity index (χ4n) is 1.90. The van der Waals surface area contributed by atoms with Crippen LogP contribution in [0.25, 0.3) is 11.3 Å². The highest BCUT2D eigenvalue weighted by molar-refractivity contribution is 5.62. The Hall–Kier alpha value is -2.95. The summed E-state index contributed by atoms with van der Waals surface area (Å²) < 4.78 is 5.18. The molecule has 0 fully saturated rings. The maximum Gasteiger partial charge on any atom is 0.227 e. The molecule has 21 heavy (non-hydrogen) atoms. The number of rotatable bonds is 4. The number of para-hydroxylation sites is 1. The molecule has 104 valence electrons. The summed E-state index contributed by atoms with van der Waals surface area (Å²) in [5.74, 6) is 1.24. The van der Waals surface area contributed by atoms with Crippen molar-refractivity contribution < 1.29 is 4.74 Å². The smallest absolute Gasteiger partial charge is 0.227 e. The summed E-state index contributed by atoms with van der Waals surface area (Å²) in [6.45, 7) is 0. The lowest BCUT2D eigenvalue weighted by atomic mass is 10.2. The molecule has 0 saturated heterocycles.